The molecule has 1 N–H and O–H groups in total. The van der Waals surface area contributed by atoms with Gasteiger partial charge in [0, 0.05) is 10.7 Å². The average Bonchev–Trinajstić information content (AvgIpc) is 3.32. The Balaban J connectivity index is 1.69. The fourth-order valence-electron chi connectivity index (χ4n) is 3.27. The van der Waals surface area contributed by atoms with Crippen LogP contribution in [0.3, 0.4) is 0 Å². The second-order valence-electron chi connectivity index (χ2n) is 7.46. The van der Waals surface area contributed by atoms with Crippen LogP contribution < -0.4 is 15.5 Å². The third kappa shape index (κ3) is 4.27. The molecule has 0 aliphatic rings. The molecule has 4 aromatic rings. The molecule has 164 valence electrons. The van der Waals surface area contributed by atoms with Crippen LogP contribution in [0.5, 0.6) is 5.75 Å². The molecular formula is C25H22ClNO5. The van der Waals surface area contributed by atoms with Crippen LogP contribution in [0.4, 0.5) is 5.69 Å². The number of furan rings is 1. The summed E-state index contributed by atoms with van der Waals surface area (Å²) in [5, 5.41) is 3.49. The molecule has 1 atom stereocenters. The van der Waals surface area contributed by atoms with Gasteiger partial charge in [0.15, 0.2) is 11.9 Å². The Bertz CT molecular complexity index is 1320. The van der Waals surface area contributed by atoms with Crippen molar-refractivity contribution in [3.63, 3.8) is 0 Å². The maximum absolute atomic E-state index is 13.3. The van der Waals surface area contributed by atoms with Crippen LogP contribution in [0.1, 0.15) is 25.0 Å². The van der Waals surface area contributed by atoms with E-state index in [9.17, 15) is 9.59 Å². The molecule has 1 amide bonds. The van der Waals surface area contributed by atoms with Crippen LogP contribution in [-0.2, 0) is 11.2 Å². The molecule has 2 heterocycles. The van der Waals surface area contributed by atoms with Crippen molar-refractivity contribution in [3.8, 4) is 17.3 Å². The van der Waals surface area contributed by atoms with Crippen LogP contribution in [-0.4, -0.2) is 12.0 Å². The third-order valence-corrected chi connectivity index (χ3v) is 5.58. The first-order valence-corrected chi connectivity index (χ1v) is 10.6. The first-order valence-electron chi connectivity index (χ1n) is 10.2. The van der Waals surface area contributed by atoms with E-state index in [-0.39, 0.29) is 16.9 Å². The van der Waals surface area contributed by atoms with E-state index < -0.39 is 17.4 Å². The predicted octanol–water partition coefficient (Wildman–Crippen LogP) is 5.98. The number of carbonyl (C=O) groups is 1. The second kappa shape index (κ2) is 8.93. The number of halogens is 1. The molecule has 7 heteroatoms. The predicted molar refractivity (Wildman–Crippen MR) is 124 cm³/mol. The van der Waals surface area contributed by atoms with Crippen molar-refractivity contribution in [3.05, 3.63) is 81.2 Å². The number of aryl methyl sites for hydroxylation is 2. The van der Waals surface area contributed by atoms with E-state index in [1.165, 1.54) is 12.3 Å². The van der Waals surface area contributed by atoms with Gasteiger partial charge in [-0.2, -0.15) is 0 Å². The molecule has 2 aromatic heterocycles. The minimum Gasteiger partial charge on any atom is -0.473 e. The Kier molecular flexibility index (Phi) is 6.06. The summed E-state index contributed by atoms with van der Waals surface area (Å²) in [4.78, 5) is 26.0. The number of nitrogens with one attached hydrogen (secondary N) is 1. The SMILES string of the molecule is CCc1ccc(NC(=O)C(C)Oc2c(-c3ccco3)oc3cc(C)c(Cl)cc3c2=O)cc1. The zero-order valence-electron chi connectivity index (χ0n) is 17.9. The number of rotatable bonds is 6. The number of benzene rings is 2. The Morgan fingerprint density at radius 3 is 2.59 bits per heavy atom. The largest absolute Gasteiger partial charge is 0.473 e. The number of hydrogen-bond acceptors (Lipinski definition) is 5. The standard InChI is InChI=1S/C25H22ClNO5/c1-4-16-7-9-17(10-8-16)27-25(29)15(3)31-24-22(28)18-13-19(26)14(2)12-21(18)32-23(24)20-6-5-11-30-20/h5-13,15H,4H2,1-3H3,(H,27,29). The first-order chi connectivity index (χ1) is 15.4. The normalized spacial score (nSPS) is 12.0. The summed E-state index contributed by atoms with van der Waals surface area (Å²) in [5.74, 6) is -0.0898. The summed E-state index contributed by atoms with van der Waals surface area (Å²) >= 11 is 6.22. The summed E-state index contributed by atoms with van der Waals surface area (Å²) in [6.07, 6.45) is 1.40. The van der Waals surface area contributed by atoms with Crippen molar-refractivity contribution < 1.29 is 18.4 Å². The summed E-state index contributed by atoms with van der Waals surface area (Å²) in [6, 6.07) is 14.1. The fourth-order valence-corrected chi connectivity index (χ4v) is 3.44. The molecule has 0 fully saturated rings. The van der Waals surface area contributed by atoms with Crippen molar-refractivity contribution >= 4 is 34.2 Å². The van der Waals surface area contributed by atoms with E-state index in [1.807, 2.05) is 31.2 Å². The Morgan fingerprint density at radius 2 is 1.94 bits per heavy atom. The van der Waals surface area contributed by atoms with Gasteiger partial charge in [0.2, 0.25) is 16.9 Å². The molecule has 2 aromatic carbocycles. The van der Waals surface area contributed by atoms with Crippen molar-refractivity contribution in [1.82, 2.24) is 0 Å². The number of carbonyl (C=O) groups excluding carboxylic acids is 1. The van der Waals surface area contributed by atoms with Crippen molar-refractivity contribution in [2.75, 3.05) is 5.32 Å². The molecule has 0 saturated carbocycles. The van der Waals surface area contributed by atoms with E-state index in [2.05, 4.69) is 12.2 Å². The number of ether oxygens (including phenoxy) is 1. The Morgan fingerprint density at radius 1 is 1.19 bits per heavy atom. The van der Waals surface area contributed by atoms with Gasteiger partial charge in [0.25, 0.3) is 5.91 Å². The molecule has 4 rings (SSSR count). The Hall–Kier alpha value is -3.51. The monoisotopic (exact) mass is 451 g/mol. The lowest BCUT2D eigenvalue weighted by molar-refractivity contribution is -0.122. The molecule has 0 aliphatic heterocycles. The van der Waals surface area contributed by atoms with Gasteiger partial charge in [-0.25, -0.2) is 0 Å². The molecular weight excluding hydrogens is 430 g/mol. The van der Waals surface area contributed by atoms with Crippen LogP contribution in [0.25, 0.3) is 22.5 Å². The minimum atomic E-state index is -0.976. The van der Waals surface area contributed by atoms with Gasteiger partial charge in [0.1, 0.15) is 5.58 Å². The maximum Gasteiger partial charge on any atom is 0.265 e. The Labute approximate surface area is 189 Å². The highest BCUT2D eigenvalue weighted by molar-refractivity contribution is 6.32. The van der Waals surface area contributed by atoms with Crippen LogP contribution in [0.2, 0.25) is 5.02 Å². The van der Waals surface area contributed by atoms with Crippen LogP contribution in [0.15, 0.2) is 68.4 Å². The van der Waals surface area contributed by atoms with E-state index in [1.54, 1.807) is 25.1 Å². The summed E-state index contributed by atoms with van der Waals surface area (Å²) < 4.78 is 17.2. The average molecular weight is 452 g/mol. The molecule has 0 radical (unpaired) electrons. The highest BCUT2D eigenvalue weighted by atomic mass is 35.5. The van der Waals surface area contributed by atoms with Crippen molar-refractivity contribution in [2.45, 2.75) is 33.3 Å². The topological polar surface area (TPSA) is 81.7 Å². The van der Waals surface area contributed by atoms with Crippen LogP contribution in [0, 0.1) is 6.92 Å². The number of anilines is 1. The maximum atomic E-state index is 13.3. The third-order valence-electron chi connectivity index (χ3n) is 5.17. The van der Waals surface area contributed by atoms with Gasteiger partial charge in [-0.1, -0.05) is 30.7 Å². The first kappa shape index (κ1) is 21.7. The summed E-state index contributed by atoms with van der Waals surface area (Å²) in [6.45, 7) is 5.44. The fraction of sp³-hybridized carbons (Fsp3) is 0.200. The van der Waals surface area contributed by atoms with Gasteiger partial charge < -0.3 is 18.9 Å². The quantitative estimate of drug-likeness (QED) is 0.389. The molecule has 0 spiro atoms. The van der Waals surface area contributed by atoms with Gasteiger partial charge in [-0.3, -0.25) is 9.59 Å². The number of fused-ring (bicyclic) bond motifs is 1. The van der Waals surface area contributed by atoms with E-state index in [0.29, 0.717) is 22.1 Å². The second-order valence-corrected chi connectivity index (χ2v) is 7.87. The molecule has 1 unspecified atom stereocenters. The molecule has 0 aliphatic carbocycles. The summed E-state index contributed by atoms with van der Waals surface area (Å²) in [7, 11) is 0. The number of hydrogen-bond donors (Lipinski definition) is 1. The molecule has 32 heavy (non-hydrogen) atoms. The smallest absolute Gasteiger partial charge is 0.265 e. The van der Waals surface area contributed by atoms with E-state index in [4.69, 9.17) is 25.2 Å². The molecule has 0 bridgehead atoms. The molecule has 6 nitrogen and oxygen atoms in total. The minimum absolute atomic E-state index is 0.112. The van der Waals surface area contributed by atoms with Gasteiger partial charge in [-0.05, 0) is 67.8 Å². The lowest BCUT2D eigenvalue weighted by Gasteiger charge is -2.16. The van der Waals surface area contributed by atoms with Crippen LogP contribution >= 0.6 is 11.6 Å². The van der Waals surface area contributed by atoms with Crippen molar-refractivity contribution in [1.29, 1.82) is 0 Å². The zero-order valence-corrected chi connectivity index (χ0v) is 18.7. The van der Waals surface area contributed by atoms with Gasteiger partial charge >= 0.3 is 0 Å². The van der Waals surface area contributed by atoms with Crippen molar-refractivity contribution in [2.24, 2.45) is 0 Å². The summed E-state index contributed by atoms with van der Waals surface area (Å²) in [5.41, 5.74) is 2.48. The molecule has 0 saturated heterocycles. The zero-order chi connectivity index (χ0) is 22.8. The van der Waals surface area contributed by atoms with E-state index in [0.717, 1.165) is 17.5 Å². The highest BCUT2D eigenvalue weighted by Crippen LogP contribution is 2.33. The highest BCUT2D eigenvalue weighted by Gasteiger charge is 2.24. The van der Waals surface area contributed by atoms with E-state index >= 15 is 0 Å². The number of amides is 1. The van der Waals surface area contributed by atoms with Gasteiger partial charge in [-0.15, -0.1) is 0 Å². The van der Waals surface area contributed by atoms with Gasteiger partial charge in [0.05, 0.1) is 11.6 Å². The lowest BCUT2D eigenvalue weighted by Crippen LogP contribution is -2.31. The lowest BCUT2D eigenvalue weighted by atomic mass is 10.1.